The third kappa shape index (κ3) is 4.30. The summed E-state index contributed by atoms with van der Waals surface area (Å²) in [6, 6.07) is -0.169. The van der Waals surface area contributed by atoms with E-state index in [9.17, 15) is 9.59 Å². The van der Waals surface area contributed by atoms with Gasteiger partial charge in [0.05, 0.1) is 123 Å². The first-order valence-corrected chi connectivity index (χ1v) is 37.8. The smallest absolute Gasteiger partial charge is 0.234 e. The van der Waals surface area contributed by atoms with Gasteiger partial charge in [0.25, 0.3) is 0 Å². The molecule has 33 rings (SSSR count). The maximum absolute atomic E-state index is 14.6. The molecule has 3 atom stereocenters. The molecule has 0 aromatic heterocycles. The molecule has 0 saturated carbocycles. The largest absolute Gasteiger partial charge is 0.382 e. The van der Waals surface area contributed by atoms with Crippen molar-refractivity contribution in [3.63, 3.8) is 0 Å². The number of methoxy groups -OCH3 is 3. The maximum atomic E-state index is 14.6. The van der Waals surface area contributed by atoms with Crippen LogP contribution in [0, 0.1) is 0 Å². The second-order valence-corrected chi connectivity index (χ2v) is 33.0. The molecule has 2 spiro atoms. The summed E-state index contributed by atoms with van der Waals surface area (Å²) in [5.74, 6) is -0.300. The summed E-state index contributed by atoms with van der Waals surface area (Å²) in [7, 11) is 5.06. The van der Waals surface area contributed by atoms with Crippen LogP contribution in [0.4, 0.5) is 0 Å². The van der Waals surface area contributed by atoms with Gasteiger partial charge < -0.3 is 53.3 Å². The van der Waals surface area contributed by atoms with E-state index in [1.807, 2.05) is 0 Å². The van der Waals surface area contributed by atoms with E-state index in [4.69, 9.17) is 42.6 Å². The van der Waals surface area contributed by atoms with Crippen LogP contribution in [-0.2, 0) is 63.1 Å². The Labute approximate surface area is 577 Å². The number of benzene rings is 17. The van der Waals surface area contributed by atoms with Gasteiger partial charge in [-0.15, -0.1) is 0 Å². The first kappa shape index (κ1) is 52.0. The zero-order valence-electron chi connectivity index (χ0n) is 56.5. The van der Waals surface area contributed by atoms with Crippen molar-refractivity contribution in [2.45, 2.75) is 16.9 Å². The van der Waals surface area contributed by atoms with Gasteiger partial charge in [-0.25, -0.2) is 0 Å². The molecule has 28 aromatic carbocycles. The average Bonchev–Trinajstić information content (AvgIpc) is 1.38. The van der Waals surface area contributed by atoms with Crippen LogP contribution in [0.2, 0.25) is 0 Å². The number of amides is 2. The first-order chi connectivity index (χ1) is 51.1. The standard InChI is InChI=1S/C88H56N4O11/c1-95-10-13-100-18-16-98-8-4-89-27(93)22-91(23-28(94)90-5-9-99-17-19-101-14-11-96-2)6-7-92-25-87-83-76-69-57-49-40-31-29-30-32-35(31)44-51(49)59-60-52(44)50-41(32)43-39-34(30)37-36-33(29)38-42(40)55(57)63-61-47(38)45(36)53-54-46(37)48(39)62-64-56(43)58(50)70-72(60)81(80(83)71(59)69)85-78(70)75(64)79-68(62)66(54)73-65(53)67(61)77(74(63)76)84(87)82(73)86(79)88(85,87)26(92)24-103-21-20-102-15-12-97-3/h26H,4-25H2,1-3H3,(H,89,93)(H,90,94). The molecule has 15 heteroatoms. The summed E-state index contributed by atoms with van der Waals surface area (Å²) >= 11 is 0. The Morgan fingerprint density at radius 2 is 0.544 bits per heavy atom. The molecule has 3 unspecified atom stereocenters. The molecule has 1 saturated heterocycles. The number of nitrogens with zero attached hydrogens (tertiary/aromatic N) is 2. The molecule has 2 amide bonds. The third-order valence-corrected chi connectivity index (χ3v) is 30.2. The first-order valence-electron chi connectivity index (χ1n) is 37.8. The van der Waals surface area contributed by atoms with Crippen LogP contribution in [0.1, 0.15) is 22.3 Å². The molecule has 0 bridgehead atoms. The predicted octanol–water partition coefficient (Wildman–Crippen LogP) is 14.6. The molecule has 103 heavy (non-hydrogen) atoms. The van der Waals surface area contributed by atoms with Gasteiger partial charge in [0.15, 0.2) is 0 Å². The highest BCUT2D eigenvalue weighted by Crippen LogP contribution is 2.86. The minimum absolute atomic E-state index is 0.0365. The monoisotopic (exact) mass is 1340 g/mol. The number of likely N-dealkylation sites (tertiary alicyclic amines) is 1. The maximum Gasteiger partial charge on any atom is 0.234 e. The van der Waals surface area contributed by atoms with Gasteiger partial charge in [-0.3, -0.25) is 19.4 Å². The normalized spacial score (nSPS) is 20.1. The quantitative estimate of drug-likeness (QED) is 0.0297. The van der Waals surface area contributed by atoms with E-state index in [1.165, 1.54) is 0 Å². The Morgan fingerprint density at radius 1 is 0.311 bits per heavy atom. The fraction of sp³-hybridized carbons (Fsp3) is 0.318. The number of ether oxygens (including phenoxy) is 9. The van der Waals surface area contributed by atoms with Crippen LogP contribution >= 0.6 is 0 Å². The molecule has 1 fully saturated rings. The molecular formula is C88H56N4O11. The highest BCUT2D eigenvalue weighted by Gasteiger charge is 2.76. The van der Waals surface area contributed by atoms with Gasteiger partial charge in [0.2, 0.25) is 11.8 Å². The van der Waals surface area contributed by atoms with Crippen molar-refractivity contribution < 1.29 is 52.2 Å². The fourth-order valence-corrected chi connectivity index (χ4v) is 28.5. The second-order valence-electron chi connectivity index (χ2n) is 33.0. The number of hydrogen-bond acceptors (Lipinski definition) is 13. The molecular weight excluding hydrogens is 1290 g/mol. The lowest BCUT2D eigenvalue weighted by Crippen LogP contribution is -2.55. The van der Waals surface area contributed by atoms with E-state index in [0.717, 1.165) is 6.54 Å². The van der Waals surface area contributed by atoms with Gasteiger partial charge in [-0.1, -0.05) is 0 Å². The second kappa shape index (κ2) is 15.5. The number of nitrogens with one attached hydrogen (secondary N) is 2. The van der Waals surface area contributed by atoms with Gasteiger partial charge in [0.1, 0.15) is 0 Å². The zero-order chi connectivity index (χ0) is 65.7. The van der Waals surface area contributed by atoms with Crippen LogP contribution in [0.5, 0.6) is 0 Å². The van der Waals surface area contributed by atoms with Gasteiger partial charge in [-0.05, 0) is 313 Å². The Kier molecular flexibility index (Phi) is 7.84. The third-order valence-electron chi connectivity index (χ3n) is 30.2. The molecule has 1 heterocycles. The van der Waals surface area contributed by atoms with Crippen LogP contribution in [0.15, 0.2) is 0 Å². The topological polar surface area (TPSA) is 148 Å². The SMILES string of the molecule is COCCOCCOCCNC(=O)CN(CCN1CC23c4c5c6c7c8c9c(c%10c%11c2c2c%12c4c4c%13c5c5c7c7c8c8c%14c9c%10c9c%10c%11c2c2c%11c%12c4c4c%12c%13c5c5c7c7c8c8c%14c9c9c%10c2c2c%11c4c4c%12c5c7c5c8c9c2c45)C63C1COCCOCCOC)CC(=O)NCCOCCOCCOC. The summed E-state index contributed by atoms with van der Waals surface area (Å²) in [6.45, 7) is 9.41. The number of rotatable bonds is 33. The average molecular weight is 1350 g/mol. The zero-order valence-corrected chi connectivity index (χ0v) is 56.5. The highest BCUT2D eigenvalue weighted by molar-refractivity contribution is 6.82. The Hall–Kier alpha value is -9.04. The molecule has 28 aromatic rings. The van der Waals surface area contributed by atoms with Crippen molar-refractivity contribution in [2.75, 3.05) is 166 Å². The van der Waals surface area contributed by atoms with Crippen LogP contribution in [0.3, 0.4) is 0 Å². The van der Waals surface area contributed by atoms with E-state index in [0.29, 0.717) is 125 Å². The molecule has 5 aliphatic rings. The number of carbonyl (C=O) groups is 2. The van der Waals surface area contributed by atoms with Crippen molar-refractivity contribution >= 4 is 303 Å². The lowest BCUT2D eigenvalue weighted by Gasteiger charge is -2.50. The van der Waals surface area contributed by atoms with Gasteiger partial charge >= 0.3 is 0 Å². The molecule has 1 aliphatic heterocycles. The predicted molar refractivity (Wildman–Crippen MR) is 412 cm³/mol. The van der Waals surface area contributed by atoms with Crippen LogP contribution in [0.25, 0.3) is 291 Å². The number of carbonyl (C=O) groups excluding carboxylic acids is 2. The Balaban J connectivity index is 0.682. The van der Waals surface area contributed by atoms with E-state index in [2.05, 4.69) is 20.4 Å². The van der Waals surface area contributed by atoms with E-state index in [-0.39, 0.29) is 30.9 Å². The van der Waals surface area contributed by atoms with Gasteiger partial charge in [0, 0.05) is 60.1 Å². The van der Waals surface area contributed by atoms with E-state index < -0.39 is 10.8 Å². The van der Waals surface area contributed by atoms with Crippen molar-refractivity contribution in [3.05, 3.63) is 22.3 Å². The lowest BCUT2D eigenvalue weighted by atomic mass is 9.50. The van der Waals surface area contributed by atoms with E-state index >= 15 is 0 Å². The minimum Gasteiger partial charge on any atom is -0.382 e. The lowest BCUT2D eigenvalue weighted by molar-refractivity contribution is -0.125. The summed E-state index contributed by atoms with van der Waals surface area (Å²) in [4.78, 5) is 34.1. The van der Waals surface area contributed by atoms with Crippen LogP contribution in [-0.4, -0.2) is 194 Å². The fourth-order valence-electron chi connectivity index (χ4n) is 28.5. The summed E-state index contributed by atoms with van der Waals surface area (Å²) in [6.07, 6.45) is 0. The van der Waals surface area contributed by atoms with Crippen molar-refractivity contribution in [1.82, 2.24) is 20.4 Å². The Bertz CT molecular complexity index is 8130. The molecule has 4 aliphatic carbocycles. The molecule has 0 radical (unpaired) electrons. The summed E-state index contributed by atoms with van der Waals surface area (Å²) in [5, 5.41) is 91.2. The van der Waals surface area contributed by atoms with Crippen molar-refractivity contribution in [3.8, 4) is 0 Å². The minimum atomic E-state index is -0.613. The molecule has 15 nitrogen and oxygen atoms in total. The van der Waals surface area contributed by atoms with Crippen molar-refractivity contribution in [2.24, 2.45) is 0 Å². The van der Waals surface area contributed by atoms with Crippen molar-refractivity contribution in [1.29, 1.82) is 0 Å². The Morgan fingerprint density at radius 3 is 0.874 bits per heavy atom. The number of hydrogen-bond donors (Lipinski definition) is 2. The highest BCUT2D eigenvalue weighted by atomic mass is 16.6. The summed E-state index contributed by atoms with van der Waals surface area (Å²) < 4.78 is 52.8. The van der Waals surface area contributed by atoms with Gasteiger partial charge in [-0.2, -0.15) is 0 Å². The molecule has 2 N–H and O–H groups in total. The van der Waals surface area contributed by atoms with Crippen LogP contribution < -0.4 is 10.6 Å². The summed E-state index contributed by atoms with van der Waals surface area (Å²) in [5.41, 5.74) is 5.25. The van der Waals surface area contributed by atoms with E-state index in [1.54, 1.807) is 334 Å². The molecule has 494 valence electrons.